The fourth-order valence-electron chi connectivity index (χ4n) is 4.07. The lowest BCUT2D eigenvalue weighted by molar-refractivity contribution is 0.0807. The maximum absolute atomic E-state index is 14.0. The molecule has 0 spiro atoms. The molecule has 0 unspecified atom stereocenters. The maximum atomic E-state index is 14.0. The average molecular weight is 568 g/mol. The minimum atomic E-state index is -0.538. The molecule has 37 heavy (non-hydrogen) atoms. The van der Waals surface area contributed by atoms with Gasteiger partial charge in [-0.2, -0.15) is 0 Å². The van der Waals surface area contributed by atoms with Gasteiger partial charge in [-0.3, -0.25) is 9.59 Å². The van der Waals surface area contributed by atoms with E-state index in [1.54, 1.807) is 29.2 Å². The van der Waals surface area contributed by atoms with Crippen LogP contribution in [0.4, 0.5) is 9.18 Å². The van der Waals surface area contributed by atoms with Crippen LogP contribution < -0.4 is 10.6 Å². The molecular formula is C28H27BrFN3O4. The second kappa shape index (κ2) is 12.5. The molecule has 0 aromatic heterocycles. The number of benzene rings is 3. The van der Waals surface area contributed by atoms with Crippen LogP contribution in [0.2, 0.25) is 0 Å². The summed E-state index contributed by atoms with van der Waals surface area (Å²) in [6.07, 6.45) is 0.719. The molecule has 9 heteroatoms. The number of hydrogen-bond acceptors (Lipinski definition) is 4. The molecule has 3 aromatic carbocycles. The van der Waals surface area contributed by atoms with Gasteiger partial charge >= 0.3 is 6.09 Å². The van der Waals surface area contributed by atoms with E-state index in [2.05, 4.69) is 26.6 Å². The lowest BCUT2D eigenvalue weighted by atomic mass is 10.0. The van der Waals surface area contributed by atoms with Crippen molar-refractivity contribution in [3.05, 3.63) is 105 Å². The number of nitrogens with zero attached hydrogens (tertiary/aromatic N) is 1. The van der Waals surface area contributed by atoms with Gasteiger partial charge in [0.1, 0.15) is 12.4 Å². The number of nitrogens with one attached hydrogen (secondary N) is 2. The van der Waals surface area contributed by atoms with Gasteiger partial charge in [0.25, 0.3) is 11.8 Å². The molecule has 192 valence electrons. The highest BCUT2D eigenvalue weighted by molar-refractivity contribution is 9.10. The lowest BCUT2D eigenvalue weighted by Gasteiger charge is -2.31. The maximum Gasteiger partial charge on any atom is 0.410 e. The Morgan fingerprint density at radius 2 is 1.65 bits per heavy atom. The van der Waals surface area contributed by atoms with E-state index in [-0.39, 0.29) is 36.8 Å². The molecule has 1 aliphatic heterocycles. The van der Waals surface area contributed by atoms with Gasteiger partial charge in [0.15, 0.2) is 0 Å². The molecule has 1 heterocycles. The van der Waals surface area contributed by atoms with Crippen LogP contribution >= 0.6 is 15.9 Å². The second-order valence-corrected chi connectivity index (χ2v) is 9.68. The van der Waals surface area contributed by atoms with Crippen molar-refractivity contribution in [2.75, 3.05) is 13.1 Å². The van der Waals surface area contributed by atoms with Crippen LogP contribution in [-0.2, 0) is 17.9 Å². The molecule has 0 atom stereocenters. The predicted molar refractivity (Wildman–Crippen MR) is 140 cm³/mol. The third-order valence-electron chi connectivity index (χ3n) is 6.16. The molecule has 4 rings (SSSR count). The Morgan fingerprint density at radius 1 is 0.946 bits per heavy atom. The Bertz CT molecular complexity index is 1250. The largest absolute Gasteiger partial charge is 0.445 e. The fraction of sp³-hybridized carbons (Fsp3) is 0.250. The molecule has 1 aliphatic rings. The van der Waals surface area contributed by atoms with E-state index in [9.17, 15) is 18.8 Å². The molecule has 2 N–H and O–H groups in total. The Morgan fingerprint density at radius 3 is 2.35 bits per heavy atom. The summed E-state index contributed by atoms with van der Waals surface area (Å²) in [4.78, 5) is 39.5. The van der Waals surface area contributed by atoms with Gasteiger partial charge in [0.05, 0.1) is 0 Å². The van der Waals surface area contributed by atoms with E-state index >= 15 is 0 Å². The first-order valence-corrected chi connectivity index (χ1v) is 12.8. The Balaban J connectivity index is 1.29. The number of amides is 3. The summed E-state index contributed by atoms with van der Waals surface area (Å²) < 4.78 is 20.2. The van der Waals surface area contributed by atoms with E-state index in [0.29, 0.717) is 37.1 Å². The summed E-state index contributed by atoms with van der Waals surface area (Å²) in [7, 11) is 0. The third-order valence-corrected chi connectivity index (χ3v) is 6.68. The first-order chi connectivity index (χ1) is 17.9. The molecule has 7 nitrogen and oxygen atoms in total. The summed E-state index contributed by atoms with van der Waals surface area (Å²) in [6, 6.07) is 20.1. The van der Waals surface area contributed by atoms with Crippen molar-refractivity contribution in [1.82, 2.24) is 15.5 Å². The third kappa shape index (κ3) is 7.39. The number of ether oxygens (including phenoxy) is 1. The summed E-state index contributed by atoms with van der Waals surface area (Å²) in [5, 5.41) is 5.72. The van der Waals surface area contributed by atoms with Crippen molar-refractivity contribution in [2.45, 2.75) is 32.0 Å². The van der Waals surface area contributed by atoms with E-state index < -0.39 is 11.7 Å². The van der Waals surface area contributed by atoms with E-state index in [1.165, 1.54) is 18.2 Å². The summed E-state index contributed by atoms with van der Waals surface area (Å²) in [5.41, 5.74) is 2.06. The zero-order chi connectivity index (χ0) is 26.2. The van der Waals surface area contributed by atoms with Crippen molar-refractivity contribution in [3.8, 4) is 0 Å². The van der Waals surface area contributed by atoms with Crippen LogP contribution in [0.5, 0.6) is 0 Å². The zero-order valence-electron chi connectivity index (χ0n) is 20.1. The molecule has 0 aliphatic carbocycles. The fourth-order valence-corrected chi connectivity index (χ4v) is 4.34. The van der Waals surface area contributed by atoms with Crippen LogP contribution in [0.25, 0.3) is 0 Å². The number of likely N-dealkylation sites (tertiary alicyclic amines) is 1. The molecular weight excluding hydrogens is 541 g/mol. The van der Waals surface area contributed by atoms with Gasteiger partial charge in [-0.15, -0.1) is 0 Å². The lowest BCUT2D eigenvalue weighted by Crippen LogP contribution is -2.46. The van der Waals surface area contributed by atoms with Crippen molar-refractivity contribution < 1.29 is 23.5 Å². The minimum Gasteiger partial charge on any atom is -0.445 e. The minimum absolute atomic E-state index is 0.0730. The number of rotatable bonds is 7. The number of piperidine rings is 1. The molecule has 0 bridgehead atoms. The number of carbonyl (C=O) groups excluding carboxylic acids is 3. The van der Waals surface area contributed by atoms with Crippen molar-refractivity contribution in [1.29, 1.82) is 0 Å². The van der Waals surface area contributed by atoms with Gasteiger partial charge in [-0.25, -0.2) is 9.18 Å². The summed E-state index contributed by atoms with van der Waals surface area (Å²) in [5.74, 6) is -1.25. The van der Waals surface area contributed by atoms with Gasteiger partial charge < -0.3 is 20.3 Å². The first kappa shape index (κ1) is 26.3. The molecule has 0 radical (unpaired) electrons. The van der Waals surface area contributed by atoms with Gasteiger partial charge in [-0.1, -0.05) is 52.3 Å². The molecule has 0 saturated carbocycles. The summed E-state index contributed by atoms with van der Waals surface area (Å²) in [6.45, 7) is 1.16. The van der Waals surface area contributed by atoms with Gasteiger partial charge in [0.2, 0.25) is 0 Å². The SMILES string of the molecule is O=C(NCc1ccc(F)cc1C(=O)NC1CCN(C(=O)OCc2ccccc2)CC1)c1ccc(Br)cc1. The Labute approximate surface area is 223 Å². The average Bonchev–Trinajstić information content (AvgIpc) is 2.92. The molecule has 3 amide bonds. The molecule has 1 saturated heterocycles. The zero-order valence-corrected chi connectivity index (χ0v) is 21.7. The van der Waals surface area contributed by atoms with Crippen LogP contribution in [0, 0.1) is 5.82 Å². The Kier molecular flexibility index (Phi) is 8.90. The van der Waals surface area contributed by atoms with E-state index in [1.807, 2.05) is 30.3 Å². The van der Waals surface area contributed by atoms with E-state index in [0.717, 1.165) is 10.0 Å². The van der Waals surface area contributed by atoms with Crippen LogP contribution in [0.15, 0.2) is 77.3 Å². The highest BCUT2D eigenvalue weighted by atomic mass is 79.9. The van der Waals surface area contributed by atoms with Crippen molar-refractivity contribution >= 4 is 33.8 Å². The van der Waals surface area contributed by atoms with Crippen molar-refractivity contribution in [2.24, 2.45) is 0 Å². The Hall–Kier alpha value is -3.72. The van der Waals surface area contributed by atoms with Gasteiger partial charge in [-0.05, 0) is 60.4 Å². The molecule has 3 aromatic rings. The van der Waals surface area contributed by atoms with Crippen LogP contribution in [0.1, 0.15) is 44.7 Å². The number of hydrogen-bond donors (Lipinski definition) is 2. The highest BCUT2D eigenvalue weighted by Gasteiger charge is 2.26. The standard InChI is InChI=1S/C28H27BrFN3O4/c29-22-9-6-20(7-10-22)26(34)31-17-21-8-11-23(30)16-25(21)27(35)32-24-12-14-33(15-13-24)28(36)37-18-19-4-2-1-3-5-19/h1-11,16,24H,12-15,17-18H2,(H,31,34)(H,32,35). The first-order valence-electron chi connectivity index (χ1n) is 12.0. The topological polar surface area (TPSA) is 87.7 Å². The monoisotopic (exact) mass is 567 g/mol. The van der Waals surface area contributed by atoms with E-state index in [4.69, 9.17) is 4.74 Å². The smallest absolute Gasteiger partial charge is 0.410 e. The predicted octanol–water partition coefficient (Wildman–Crippen LogP) is 5.05. The van der Waals surface area contributed by atoms with Crippen molar-refractivity contribution in [3.63, 3.8) is 0 Å². The number of carbonyl (C=O) groups is 3. The van der Waals surface area contributed by atoms with Gasteiger partial charge in [0, 0.05) is 41.3 Å². The second-order valence-electron chi connectivity index (χ2n) is 8.77. The highest BCUT2D eigenvalue weighted by Crippen LogP contribution is 2.17. The van der Waals surface area contributed by atoms with Crippen LogP contribution in [-0.4, -0.2) is 41.9 Å². The number of halogens is 2. The molecule has 1 fully saturated rings. The quantitative estimate of drug-likeness (QED) is 0.418. The van der Waals surface area contributed by atoms with Crippen LogP contribution in [0.3, 0.4) is 0 Å². The normalized spacial score (nSPS) is 13.6. The summed E-state index contributed by atoms with van der Waals surface area (Å²) >= 11 is 3.33.